The molecule has 0 unspecified atom stereocenters. The number of tetrazole rings is 1. The van der Waals surface area contributed by atoms with Gasteiger partial charge in [-0.1, -0.05) is 31.2 Å². The number of rotatable bonds is 9. The van der Waals surface area contributed by atoms with Crippen molar-refractivity contribution >= 4 is 10.9 Å². The minimum Gasteiger partial charge on any atom is -0.376 e. The number of H-pyrrole nitrogens is 1. The Balaban J connectivity index is 1.52. The fraction of sp³-hybridized carbons (Fsp3) is 0.429. The molecule has 0 aliphatic carbocycles. The summed E-state index contributed by atoms with van der Waals surface area (Å²) in [6.07, 6.45) is 2.86. The highest BCUT2D eigenvalue weighted by Crippen LogP contribution is 2.28. The quantitative estimate of drug-likeness (QED) is 0.358. The number of halogens is 1. The first kappa shape index (κ1) is 25.2. The predicted octanol–water partition coefficient (Wildman–Crippen LogP) is 4.60. The number of nitrogens with zero attached hydrogens (tertiary/aromatic N) is 5. The zero-order valence-electron chi connectivity index (χ0n) is 21.6. The van der Waals surface area contributed by atoms with Crippen molar-refractivity contribution in [1.29, 1.82) is 0 Å². The molecule has 0 saturated carbocycles. The van der Waals surface area contributed by atoms with E-state index in [-0.39, 0.29) is 23.5 Å². The van der Waals surface area contributed by atoms with Crippen LogP contribution in [0.25, 0.3) is 10.9 Å². The maximum absolute atomic E-state index is 13.6. The van der Waals surface area contributed by atoms with E-state index in [1.807, 2.05) is 30.7 Å². The Hall–Kier alpha value is -3.43. The van der Waals surface area contributed by atoms with Crippen molar-refractivity contribution in [2.75, 3.05) is 6.61 Å². The molecular formula is C28H33FN6O2. The molecule has 1 aliphatic heterocycles. The third kappa shape index (κ3) is 5.47. The number of hydrogen-bond acceptors (Lipinski definition) is 6. The molecule has 2 aromatic heterocycles. The van der Waals surface area contributed by atoms with Crippen molar-refractivity contribution in [2.45, 2.75) is 71.8 Å². The lowest BCUT2D eigenvalue weighted by atomic mass is 10.0. The summed E-state index contributed by atoms with van der Waals surface area (Å²) >= 11 is 0. The number of aromatic nitrogens is 5. The van der Waals surface area contributed by atoms with Gasteiger partial charge >= 0.3 is 0 Å². The van der Waals surface area contributed by atoms with Crippen LogP contribution >= 0.6 is 0 Å². The summed E-state index contributed by atoms with van der Waals surface area (Å²) in [4.78, 5) is 18.5. The van der Waals surface area contributed by atoms with Gasteiger partial charge in [-0.05, 0) is 78.4 Å². The van der Waals surface area contributed by atoms with E-state index in [4.69, 9.17) is 4.74 Å². The average Bonchev–Trinajstić information content (AvgIpc) is 3.57. The molecule has 1 aliphatic rings. The van der Waals surface area contributed by atoms with Gasteiger partial charge in [-0.25, -0.2) is 9.07 Å². The molecule has 3 heterocycles. The maximum atomic E-state index is 13.6. The molecule has 0 bridgehead atoms. The van der Waals surface area contributed by atoms with Crippen LogP contribution in [0.3, 0.4) is 0 Å². The molecule has 37 heavy (non-hydrogen) atoms. The van der Waals surface area contributed by atoms with Crippen LogP contribution in [0, 0.1) is 19.7 Å². The smallest absolute Gasteiger partial charge is 0.252 e. The lowest BCUT2D eigenvalue weighted by Gasteiger charge is -2.30. The van der Waals surface area contributed by atoms with Crippen LogP contribution in [-0.2, 0) is 24.4 Å². The van der Waals surface area contributed by atoms with Gasteiger partial charge < -0.3 is 9.72 Å². The van der Waals surface area contributed by atoms with E-state index in [9.17, 15) is 9.18 Å². The van der Waals surface area contributed by atoms with Crippen molar-refractivity contribution in [3.63, 3.8) is 0 Å². The first-order valence-electron chi connectivity index (χ1n) is 12.9. The fourth-order valence-electron chi connectivity index (χ4n) is 5.22. The number of hydrogen-bond donors (Lipinski definition) is 1. The van der Waals surface area contributed by atoms with Gasteiger partial charge in [0, 0.05) is 30.6 Å². The minimum absolute atomic E-state index is 0.0971. The Morgan fingerprint density at radius 1 is 1.16 bits per heavy atom. The van der Waals surface area contributed by atoms with E-state index < -0.39 is 0 Å². The van der Waals surface area contributed by atoms with Gasteiger partial charge in [-0.3, -0.25) is 9.69 Å². The Kier molecular flexibility index (Phi) is 7.43. The summed E-state index contributed by atoms with van der Waals surface area (Å²) in [7, 11) is 0. The van der Waals surface area contributed by atoms with Crippen molar-refractivity contribution in [2.24, 2.45) is 0 Å². The predicted molar refractivity (Wildman–Crippen MR) is 140 cm³/mol. The Labute approximate surface area is 215 Å². The molecular weight excluding hydrogens is 471 g/mol. The summed E-state index contributed by atoms with van der Waals surface area (Å²) < 4.78 is 21.3. The summed E-state index contributed by atoms with van der Waals surface area (Å²) in [6.45, 7) is 8.40. The highest BCUT2D eigenvalue weighted by Gasteiger charge is 2.28. The number of ether oxygens (including phenoxy) is 1. The zero-order chi connectivity index (χ0) is 25.9. The molecule has 1 N–H and O–H groups in total. The summed E-state index contributed by atoms with van der Waals surface area (Å²) in [5, 5.41) is 13.7. The third-order valence-electron chi connectivity index (χ3n) is 7.28. The SMILES string of the molecule is CC[C@@H](c1nnnn1C[C@H]1CCCO1)N(Cc1ccc(F)cc1)Cc1cc2c(C)ccc(C)c2[nH]c1=O. The molecule has 4 aromatic rings. The molecule has 2 aromatic carbocycles. The van der Waals surface area contributed by atoms with Gasteiger partial charge in [0.05, 0.1) is 24.2 Å². The zero-order valence-corrected chi connectivity index (χ0v) is 21.6. The molecule has 0 amide bonds. The van der Waals surface area contributed by atoms with Crippen LogP contribution in [0.2, 0.25) is 0 Å². The molecule has 2 atom stereocenters. The molecule has 1 fully saturated rings. The van der Waals surface area contributed by atoms with E-state index in [0.29, 0.717) is 25.2 Å². The number of pyridine rings is 1. The van der Waals surface area contributed by atoms with E-state index >= 15 is 0 Å². The second-order valence-corrected chi connectivity index (χ2v) is 9.92. The van der Waals surface area contributed by atoms with E-state index in [1.54, 1.807) is 12.1 Å². The van der Waals surface area contributed by atoms with Crippen molar-refractivity contribution in [3.05, 3.63) is 86.7 Å². The number of nitrogens with one attached hydrogen (secondary N) is 1. The summed E-state index contributed by atoms with van der Waals surface area (Å²) in [6, 6.07) is 12.4. The van der Waals surface area contributed by atoms with E-state index in [1.165, 1.54) is 12.1 Å². The van der Waals surface area contributed by atoms with Gasteiger partial charge in [0.2, 0.25) is 0 Å². The Morgan fingerprint density at radius 2 is 1.95 bits per heavy atom. The maximum Gasteiger partial charge on any atom is 0.252 e. The number of aryl methyl sites for hydroxylation is 2. The summed E-state index contributed by atoms with van der Waals surface area (Å²) in [5.41, 5.74) is 4.51. The topological polar surface area (TPSA) is 88.9 Å². The van der Waals surface area contributed by atoms with E-state index in [0.717, 1.165) is 59.3 Å². The van der Waals surface area contributed by atoms with Gasteiger partial charge in [0.1, 0.15) is 5.82 Å². The molecule has 194 valence electrons. The minimum atomic E-state index is -0.278. The normalized spacial score (nSPS) is 16.6. The van der Waals surface area contributed by atoms with Crippen LogP contribution in [0.1, 0.15) is 60.3 Å². The summed E-state index contributed by atoms with van der Waals surface area (Å²) in [5.74, 6) is 0.462. The lowest BCUT2D eigenvalue weighted by molar-refractivity contribution is 0.0888. The largest absolute Gasteiger partial charge is 0.376 e. The lowest BCUT2D eigenvalue weighted by Crippen LogP contribution is -2.33. The third-order valence-corrected chi connectivity index (χ3v) is 7.28. The van der Waals surface area contributed by atoms with Crippen LogP contribution in [-0.4, -0.2) is 42.8 Å². The Bertz CT molecular complexity index is 1430. The molecule has 8 nitrogen and oxygen atoms in total. The van der Waals surface area contributed by atoms with E-state index in [2.05, 4.69) is 38.4 Å². The van der Waals surface area contributed by atoms with Crippen LogP contribution < -0.4 is 5.56 Å². The highest BCUT2D eigenvalue weighted by atomic mass is 19.1. The molecule has 0 spiro atoms. The first-order valence-corrected chi connectivity index (χ1v) is 12.9. The molecule has 0 radical (unpaired) electrons. The van der Waals surface area contributed by atoms with Crippen molar-refractivity contribution in [1.82, 2.24) is 30.1 Å². The average molecular weight is 505 g/mol. The van der Waals surface area contributed by atoms with Crippen molar-refractivity contribution in [3.8, 4) is 0 Å². The van der Waals surface area contributed by atoms with Crippen LogP contribution in [0.15, 0.2) is 47.3 Å². The second-order valence-electron chi connectivity index (χ2n) is 9.92. The number of aromatic amines is 1. The molecule has 5 rings (SSSR count). The van der Waals surface area contributed by atoms with Crippen LogP contribution in [0.4, 0.5) is 4.39 Å². The standard InChI is InChI=1S/C28H33FN6O2/c1-4-25(27-31-32-33-35(27)17-23-6-5-13-37-23)34(15-20-9-11-22(29)12-10-20)16-21-14-24-18(2)7-8-19(3)26(24)30-28(21)36/h7-12,14,23,25H,4-6,13,15-17H2,1-3H3,(H,30,36)/t23-,25+/m1/s1. The Morgan fingerprint density at radius 3 is 2.68 bits per heavy atom. The van der Waals surface area contributed by atoms with Gasteiger partial charge in [0.15, 0.2) is 5.82 Å². The van der Waals surface area contributed by atoms with Gasteiger partial charge in [-0.2, -0.15) is 0 Å². The second kappa shape index (κ2) is 10.9. The molecule has 9 heteroatoms. The van der Waals surface area contributed by atoms with Crippen LogP contribution in [0.5, 0.6) is 0 Å². The van der Waals surface area contributed by atoms with Crippen molar-refractivity contribution < 1.29 is 9.13 Å². The molecule has 1 saturated heterocycles. The number of benzene rings is 2. The van der Waals surface area contributed by atoms with Gasteiger partial charge in [-0.15, -0.1) is 5.10 Å². The highest BCUT2D eigenvalue weighted by molar-refractivity contribution is 5.85. The fourth-order valence-corrected chi connectivity index (χ4v) is 5.22. The first-order chi connectivity index (χ1) is 17.9. The number of fused-ring (bicyclic) bond motifs is 1. The monoisotopic (exact) mass is 504 g/mol. The van der Waals surface area contributed by atoms with Gasteiger partial charge in [0.25, 0.3) is 5.56 Å².